The van der Waals surface area contributed by atoms with Crippen molar-refractivity contribution in [3.63, 3.8) is 0 Å². The quantitative estimate of drug-likeness (QED) is 0.420. The van der Waals surface area contributed by atoms with Gasteiger partial charge in [0.15, 0.2) is 5.78 Å². The number of likely N-dealkylation sites (tertiary alicyclic amines) is 1. The molecule has 2 atom stereocenters. The summed E-state index contributed by atoms with van der Waals surface area (Å²) >= 11 is 0. The van der Waals surface area contributed by atoms with Crippen molar-refractivity contribution in [2.45, 2.75) is 12.8 Å². The average Bonchev–Trinajstić information content (AvgIpc) is 3.26. The maximum Gasteiger partial charge on any atom is 0.233 e. The smallest absolute Gasteiger partial charge is 0.233 e. The van der Waals surface area contributed by atoms with Crippen LogP contribution in [0.4, 0.5) is 0 Å². The third-order valence-electron chi connectivity index (χ3n) is 5.95. The number of Topliss-reactive ketones (excluding diaryl/α,β-unsaturated/α-hetero) is 1. The number of nitrogens with zero attached hydrogens (tertiary/aromatic N) is 1. The van der Waals surface area contributed by atoms with E-state index in [1.165, 1.54) is 4.90 Å². The topological polar surface area (TPSA) is 70.2 Å². The van der Waals surface area contributed by atoms with Gasteiger partial charge in [0.05, 0.1) is 29.6 Å². The van der Waals surface area contributed by atoms with Gasteiger partial charge in [0.1, 0.15) is 0 Å². The monoisotopic (exact) mass is 384 g/mol. The number of allylic oxidation sites excluding steroid dienone is 2. The molecule has 0 radical (unpaired) electrons. The molecule has 3 aromatic rings. The number of hydrogen-bond acceptors (Lipinski definition) is 3. The first-order chi connectivity index (χ1) is 14.1. The molecule has 1 N–H and O–H groups in total. The number of nitrogens with one attached hydrogen (secondary N) is 1. The largest absolute Gasteiger partial charge is 0.354 e. The minimum absolute atomic E-state index is 0.216. The molecule has 0 spiro atoms. The summed E-state index contributed by atoms with van der Waals surface area (Å²) in [7, 11) is 0. The molecule has 0 unspecified atom stereocenters. The van der Waals surface area contributed by atoms with Crippen LogP contribution in [-0.4, -0.2) is 34.0 Å². The number of rotatable bonds is 4. The lowest BCUT2D eigenvalue weighted by Gasteiger charge is -2.14. The molecule has 0 saturated carbocycles. The Bertz CT molecular complexity index is 1130. The van der Waals surface area contributed by atoms with Crippen molar-refractivity contribution in [2.24, 2.45) is 11.8 Å². The summed E-state index contributed by atoms with van der Waals surface area (Å²) < 4.78 is 0. The molecular weight excluding hydrogens is 364 g/mol. The van der Waals surface area contributed by atoms with Crippen molar-refractivity contribution in [3.8, 4) is 11.3 Å². The van der Waals surface area contributed by atoms with Crippen LogP contribution in [0.5, 0.6) is 0 Å². The van der Waals surface area contributed by atoms with E-state index in [1.54, 1.807) is 0 Å². The Balaban J connectivity index is 1.53. The number of benzene rings is 2. The van der Waals surface area contributed by atoms with Gasteiger partial charge in [-0.15, -0.1) is 0 Å². The lowest BCUT2D eigenvalue weighted by molar-refractivity contribution is -0.139. The van der Waals surface area contributed by atoms with Gasteiger partial charge in [0, 0.05) is 10.9 Å². The first-order valence-corrected chi connectivity index (χ1v) is 9.84. The molecule has 1 aliphatic carbocycles. The number of para-hydroxylation sites is 1. The van der Waals surface area contributed by atoms with Crippen molar-refractivity contribution < 1.29 is 14.4 Å². The number of carbonyl (C=O) groups is 3. The minimum atomic E-state index is -0.322. The van der Waals surface area contributed by atoms with Gasteiger partial charge in [-0.05, 0) is 24.5 Å². The Hall–Kier alpha value is -3.47. The number of imide groups is 1. The van der Waals surface area contributed by atoms with Gasteiger partial charge in [-0.1, -0.05) is 60.7 Å². The van der Waals surface area contributed by atoms with Gasteiger partial charge in [-0.25, -0.2) is 0 Å². The highest BCUT2D eigenvalue weighted by Gasteiger charge is 2.47. The normalized spacial score (nSPS) is 21.0. The molecule has 0 bridgehead atoms. The predicted molar refractivity (Wildman–Crippen MR) is 110 cm³/mol. The number of hydrogen-bond donors (Lipinski definition) is 1. The summed E-state index contributed by atoms with van der Waals surface area (Å²) in [4.78, 5) is 43.5. The van der Waals surface area contributed by atoms with Crippen molar-refractivity contribution in [1.82, 2.24) is 9.88 Å². The summed E-state index contributed by atoms with van der Waals surface area (Å²) in [5, 5.41) is 0.800. The van der Waals surface area contributed by atoms with Crippen LogP contribution in [0.3, 0.4) is 0 Å². The number of amides is 2. The Morgan fingerprint density at radius 3 is 2.21 bits per heavy atom. The molecule has 5 nitrogen and oxygen atoms in total. The Morgan fingerprint density at radius 2 is 1.52 bits per heavy atom. The summed E-state index contributed by atoms with van der Waals surface area (Å²) in [6.45, 7) is -0.216. The van der Waals surface area contributed by atoms with E-state index in [0.717, 1.165) is 22.2 Å². The predicted octanol–water partition coefficient (Wildman–Crippen LogP) is 3.97. The Labute approximate surface area is 168 Å². The molecule has 29 heavy (non-hydrogen) atoms. The molecule has 2 amide bonds. The van der Waals surface area contributed by atoms with Crippen molar-refractivity contribution >= 4 is 28.5 Å². The molecule has 144 valence electrons. The second-order valence-electron chi connectivity index (χ2n) is 7.63. The van der Waals surface area contributed by atoms with E-state index in [2.05, 4.69) is 4.98 Å². The highest BCUT2D eigenvalue weighted by Crippen LogP contribution is 2.36. The zero-order valence-corrected chi connectivity index (χ0v) is 15.8. The maximum atomic E-state index is 13.4. The van der Waals surface area contributed by atoms with Crippen LogP contribution in [-0.2, 0) is 9.59 Å². The van der Waals surface area contributed by atoms with Crippen molar-refractivity contribution in [1.29, 1.82) is 0 Å². The number of ketones is 1. The first-order valence-electron chi connectivity index (χ1n) is 9.84. The van der Waals surface area contributed by atoms with Crippen LogP contribution >= 0.6 is 0 Å². The van der Waals surface area contributed by atoms with Crippen LogP contribution in [0, 0.1) is 11.8 Å². The van der Waals surface area contributed by atoms with E-state index in [9.17, 15) is 14.4 Å². The lowest BCUT2D eigenvalue weighted by atomic mass is 9.85. The van der Waals surface area contributed by atoms with Crippen molar-refractivity contribution in [2.75, 3.05) is 6.54 Å². The summed E-state index contributed by atoms with van der Waals surface area (Å²) in [6.07, 6.45) is 5.04. The first kappa shape index (κ1) is 17.6. The Kier molecular flexibility index (Phi) is 4.16. The van der Waals surface area contributed by atoms with Gasteiger partial charge < -0.3 is 4.98 Å². The van der Waals surface area contributed by atoms with Crippen molar-refractivity contribution in [3.05, 3.63) is 72.3 Å². The number of aromatic amines is 1. The standard InChI is InChI=1S/C24H20N2O3/c27-20(14-26-23(28)16-10-4-5-11-17(16)24(26)29)21-18-12-6-7-13-19(18)25-22(21)15-8-2-1-3-9-15/h1-9,12-13,16-17,25H,10-11,14H2/t16-,17+. The van der Waals surface area contributed by atoms with E-state index in [0.29, 0.717) is 18.4 Å². The molecule has 2 aliphatic rings. The molecule has 1 aliphatic heterocycles. The van der Waals surface area contributed by atoms with Gasteiger partial charge in [-0.3, -0.25) is 19.3 Å². The molecule has 5 rings (SSSR count). The molecule has 1 fully saturated rings. The van der Waals surface area contributed by atoms with E-state index in [-0.39, 0.29) is 36.0 Å². The van der Waals surface area contributed by atoms with Crippen LogP contribution in [0.2, 0.25) is 0 Å². The number of carbonyl (C=O) groups excluding carboxylic acids is 3. The fourth-order valence-corrected chi connectivity index (χ4v) is 4.50. The molecular formula is C24H20N2O3. The van der Waals surface area contributed by atoms with Crippen LogP contribution in [0.15, 0.2) is 66.7 Å². The van der Waals surface area contributed by atoms with Gasteiger partial charge in [0.2, 0.25) is 11.8 Å². The third kappa shape index (κ3) is 2.81. The van der Waals surface area contributed by atoms with Crippen LogP contribution in [0.25, 0.3) is 22.2 Å². The molecule has 2 heterocycles. The SMILES string of the molecule is O=C(CN1C(=O)[C@H]2CC=CC[C@H]2C1=O)c1c(-c2ccccc2)[nH]c2ccccc12. The highest BCUT2D eigenvalue weighted by atomic mass is 16.2. The average molecular weight is 384 g/mol. The Morgan fingerprint density at radius 1 is 0.897 bits per heavy atom. The molecule has 5 heteroatoms. The van der Waals surface area contributed by atoms with E-state index < -0.39 is 0 Å². The minimum Gasteiger partial charge on any atom is -0.354 e. The number of fused-ring (bicyclic) bond motifs is 2. The van der Waals surface area contributed by atoms with Gasteiger partial charge in [0.25, 0.3) is 0 Å². The number of aromatic nitrogens is 1. The highest BCUT2D eigenvalue weighted by molar-refractivity contribution is 6.17. The second kappa shape index (κ2) is 6.85. The van der Waals surface area contributed by atoms with Gasteiger partial charge in [-0.2, -0.15) is 0 Å². The van der Waals surface area contributed by atoms with E-state index in [4.69, 9.17) is 0 Å². The third-order valence-corrected chi connectivity index (χ3v) is 5.95. The van der Waals surface area contributed by atoms with Crippen LogP contribution in [0.1, 0.15) is 23.2 Å². The summed E-state index contributed by atoms with van der Waals surface area (Å²) in [5.74, 6) is -1.32. The van der Waals surface area contributed by atoms with Crippen LogP contribution < -0.4 is 0 Å². The summed E-state index contributed by atoms with van der Waals surface area (Å²) in [5.41, 5.74) is 2.99. The lowest BCUT2D eigenvalue weighted by Crippen LogP contribution is -2.36. The number of H-pyrrole nitrogens is 1. The maximum absolute atomic E-state index is 13.4. The molecule has 1 saturated heterocycles. The summed E-state index contributed by atoms with van der Waals surface area (Å²) in [6, 6.07) is 17.2. The zero-order valence-electron chi connectivity index (χ0n) is 15.8. The van der Waals surface area contributed by atoms with E-state index in [1.807, 2.05) is 66.7 Å². The second-order valence-corrected chi connectivity index (χ2v) is 7.63. The van der Waals surface area contributed by atoms with Gasteiger partial charge >= 0.3 is 0 Å². The molecule has 1 aromatic heterocycles. The zero-order chi connectivity index (χ0) is 20.0. The fraction of sp³-hybridized carbons (Fsp3) is 0.208. The van der Waals surface area contributed by atoms with E-state index >= 15 is 0 Å². The molecule has 2 aromatic carbocycles. The fourth-order valence-electron chi connectivity index (χ4n) is 4.50.